The molecule has 2 aliphatic rings. The third-order valence-corrected chi connectivity index (χ3v) is 4.11. The van der Waals surface area contributed by atoms with Gasteiger partial charge in [0.15, 0.2) is 5.88 Å². The molecule has 3 amide bonds. The molecule has 128 valence electrons. The van der Waals surface area contributed by atoms with Crippen LogP contribution in [0.4, 0.5) is 16.4 Å². The van der Waals surface area contributed by atoms with Gasteiger partial charge < -0.3 is 19.4 Å². The van der Waals surface area contributed by atoms with Crippen molar-refractivity contribution in [3.63, 3.8) is 0 Å². The fraction of sp³-hybridized carbons (Fsp3) is 0.222. The largest absolute Gasteiger partial charge is 0.441 e. The van der Waals surface area contributed by atoms with Crippen LogP contribution in [0.25, 0.3) is 6.08 Å². The molecule has 7 nitrogen and oxygen atoms in total. The van der Waals surface area contributed by atoms with Gasteiger partial charge in [-0.1, -0.05) is 18.2 Å². The van der Waals surface area contributed by atoms with Crippen molar-refractivity contribution in [2.45, 2.75) is 0 Å². The zero-order valence-corrected chi connectivity index (χ0v) is 13.5. The molecule has 0 unspecified atom stereocenters. The minimum atomic E-state index is -0.470. The maximum atomic E-state index is 12.5. The lowest BCUT2D eigenvalue weighted by Gasteiger charge is -2.26. The van der Waals surface area contributed by atoms with Crippen LogP contribution in [0.2, 0.25) is 0 Å². The van der Waals surface area contributed by atoms with Gasteiger partial charge >= 0.3 is 6.03 Å². The number of imide groups is 1. The average molecular weight is 339 g/mol. The van der Waals surface area contributed by atoms with Crippen molar-refractivity contribution in [3.8, 4) is 0 Å². The summed E-state index contributed by atoms with van der Waals surface area (Å²) in [5.41, 5.74) is 0.721. The summed E-state index contributed by atoms with van der Waals surface area (Å²) in [6, 6.07) is 12.0. The maximum absolute atomic E-state index is 12.5. The Morgan fingerprint density at radius 3 is 2.52 bits per heavy atom. The molecular weight excluding hydrogens is 322 g/mol. The Bertz CT molecular complexity index is 822. The average Bonchev–Trinajstić information content (AvgIpc) is 3.22. The van der Waals surface area contributed by atoms with Crippen LogP contribution in [0, 0.1) is 0 Å². The number of hydrogen-bond acceptors (Lipinski definition) is 5. The molecule has 1 aromatic heterocycles. The number of nitrogens with zero attached hydrogens (tertiary/aromatic N) is 2. The summed E-state index contributed by atoms with van der Waals surface area (Å²) in [6.07, 6.45) is 1.55. The molecule has 0 aliphatic carbocycles. The van der Waals surface area contributed by atoms with Crippen molar-refractivity contribution in [2.75, 3.05) is 36.1 Å². The van der Waals surface area contributed by atoms with Crippen LogP contribution >= 0.6 is 0 Å². The number of urea groups is 1. The minimum absolute atomic E-state index is 0.191. The van der Waals surface area contributed by atoms with Crippen molar-refractivity contribution in [1.29, 1.82) is 0 Å². The Morgan fingerprint density at radius 2 is 1.76 bits per heavy atom. The second-order valence-corrected chi connectivity index (χ2v) is 5.74. The summed E-state index contributed by atoms with van der Waals surface area (Å²) in [7, 11) is 0. The molecule has 1 N–H and O–H groups in total. The highest BCUT2D eigenvalue weighted by Gasteiger charge is 2.35. The fourth-order valence-electron chi connectivity index (χ4n) is 2.86. The van der Waals surface area contributed by atoms with Crippen LogP contribution < -0.4 is 15.1 Å². The molecular formula is C18H17N3O4. The van der Waals surface area contributed by atoms with E-state index in [9.17, 15) is 9.59 Å². The molecule has 0 saturated carbocycles. The lowest BCUT2D eigenvalue weighted by molar-refractivity contribution is -0.113. The first kappa shape index (κ1) is 15.5. The summed E-state index contributed by atoms with van der Waals surface area (Å²) in [5.74, 6) is 0.840. The van der Waals surface area contributed by atoms with Crippen LogP contribution in [-0.4, -0.2) is 38.2 Å². The van der Waals surface area contributed by atoms with Gasteiger partial charge in [0.25, 0.3) is 5.91 Å². The summed E-state index contributed by atoms with van der Waals surface area (Å²) in [6.45, 7) is 2.86. The first-order valence-electron chi connectivity index (χ1n) is 8.07. The lowest BCUT2D eigenvalue weighted by atomic mass is 10.3. The predicted octanol–water partition coefficient (Wildman–Crippen LogP) is 2.21. The van der Waals surface area contributed by atoms with Gasteiger partial charge in [-0.3, -0.25) is 4.79 Å². The fourth-order valence-corrected chi connectivity index (χ4v) is 2.86. The summed E-state index contributed by atoms with van der Waals surface area (Å²) in [5, 5.41) is 2.59. The third kappa shape index (κ3) is 3.01. The SMILES string of the molecule is O=C1NC(=Cc2ccc(N3CCOCC3)o2)C(=O)N1c1ccccc1. The van der Waals surface area contributed by atoms with Crippen molar-refractivity contribution in [3.05, 3.63) is 53.9 Å². The van der Waals surface area contributed by atoms with E-state index in [0.717, 1.165) is 23.9 Å². The van der Waals surface area contributed by atoms with E-state index >= 15 is 0 Å². The van der Waals surface area contributed by atoms with E-state index in [1.165, 1.54) is 0 Å². The first-order valence-corrected chi connectivity index (χ1v) is 8.07. The molecule has 4 rings (SSSR count). The van der Waals surface area contributed by atoms with E-state index < -0.39 is 11.9 Å². The summed E-state index contributed by atoms with van der Waals surface area (Å²) >= 11 is 0. The summed E-state index contributed by atoms with van der Waals surface area (Å²) in [4.78, 5) is 27.9. The Hall–Kier alpha value is -3.06. The molecule has 2 aliphatic heterocycles. The van der Waals surface area contributed by atoms with E-state index in [1.807, 2.05) is 12.1 Å². The number of morpholine rings is 1. The van der Waals surface area contributed by atoms with Crippen molar-refractivity contribution < 1.29 is 18.7 Å². The number of hydrogen-bond donors (Lipinski definition) is 1. The van der Waals surface area contributed by atoms with E-state index in [2.05, 4.69) is 10.2 Å². The quantitative estimate of drug-likeness (QED) is 0.685. The zero-order chi connectivity index (χ0) is 17.2. The zero-order valence-electron chi connectivity index (χ0n) is 13.5. The van der Waals surface area contributed by atoms with Crippen LogP contribution in [0.15, 0.2) is 52.6 Å². The second-order valence-electron chi connectivity index (χ2n) is 5.74. The van der Waals surface area contributed by atoms with Crippen LogP contribution in [0.3, 0.4) is 0 Å². The number of para-hydroxylation sites is 1. The van der Waals surface area contributed by atoms with Crippen LogP contribution in [-0.2, 0) is 9.53 Å². The number of anilines is 2. The molecule has 0 spiro atoms. The van der Waals surface area contributed by atoms with Crippen molar-refractivity contribution in [2.24, 2.45) is 0 Å². The molecule has 1 aromatic carbocycles. The predicted molar refractivity (Wildman–Crippen MR) is 92.2 cm³/mol. The molecule has 0 atom stereocenters. The topological polar surface area (TPSA) is 75.0 Å². The van der Waals surface area contributed by atoms with Gasteiger partial charge in [-0.15, -0.1) is 0 Å². The Morgan fingerprint density at radius 1 is 1.00 bits per heavy atom. The number of furan rings is 1. The normalized spacial score (nSPS) is 19.6. The van der Waals surface area contributed by atoms with Crippen LogP contribution in [0.1, 0.15) is 5.76 Å². The number of amides is 3. The highest BCUT2D eigenvalue weighted by molar-refractivity contribution is 6.28. The van der Waals surface area contributed by atoms with Gasteiger partial charge in [-0.2, -0.15) is 0 Å². The third-order valence-electron chi connectivity index (χ3n) is 4.11. The number of carbonyl (C=O) groups is 2. The van der Waals surface area contributed by atoms with Gasteiger partial charge in [-0.05, 0) is 18.2 Å². The molecule has 0 bridgehead atoms. The molecule has 7 heteroatoms. The van der Waals surface area contributed by atoms with Gasteiger partial charge in [0, 0.05) is 25.2 Å². The number of rotatable bonds is 3. The maximum Gasteiger partial charge on any atom is 0.333 e. The number of nitrogens with one attached hydrogen (secondary N) is 1. The monoisotopic (exact) mass is 339 g/mol. The van der Waals surface area contributed by atoms with Crippen LogP contribution in [0.5, 0.6) is 0 Å². The molecule has 2 saturated heterocycles. The van der Waals surface area contributed by atoms with E-state index in [1.54, 1.807) is 36.4 Å². The van der Waals surface area contributed by atoms with Crippen molar-refractivity contribution in [1.82, 2.24) is 5.32 Å². The van der Waals surface area contributed by atoms with Gasteiger partial charge in [0.1, 0.15) is 11.5 Å². The smallest absolute Gasteiger partial charge is 0.333 e. The Balaban J connectivity index is 1.55. The lowest BCUT2D eigenvalue weighted by Crippen LogP contribution is -2.35. The van der Waals surface area contributed by atoms with Gasteiger partial charge in [-0.25, -0.2) is 9.69 Å². The molecule has 3 heterocycles. The van der Waals surface area contributed by atoms with Gasteiger partial charge in [0.2, 0.25) is 0 Å². The van der Waals surface area contributed by atoms with Gasteiger partial charge in [0.05, 0.1) is 18.9 Å². The first-order chi connectivity index (χ1) is 12.2. The van der Waals surface area contributed by atoms with Crippen molar-refractivity contribution >= 4 is 29.6 Å². The number of ether oxygens (including phenoxy) is 1. The standard InChI is InChI=1S/C18H17N3O4/c22-17-15(19-18(23)21(17)13-4-2-1-3-5-13)12-14-6-7-16(25-14)20-8-10-24-11-9-20/h1-7,12H,8-11H2,(H,19,23). The minimum Gasteiger partial charge on any atom is -0.441 e. The van der Waals surface area contributed by atoms with E-state index in [4.69, 9.17) is 9.15 Å². The van der Waals surface area contributed by atoms with E-state index in [0.29, 0.717) is 24.7 Å². The Kier molecular flexibility index (Phi) is 3.99. The highest BCUT2D eigenvalue weighted by Crippen LogP contribution is 2.24. The molecule has 2 fully saturated rings. The molecule has 25 heavy (non-hydrogen) atoms. The number of carbonyl (C=O) groups excluding carboxylic acids is 2. The Labute approximate surface area is 144 Å². The highest BCUT2D eigenvalue weighted by atomic mass is 16.5. The number of benzene rings is 1. The van der Waals surface area contributed by atoms with E-state index in [-0.39, 0.29) is 5.70 Å². The second kappa shape index (κ2) is 6.45. The molecule has 0 radical (unpaired) electrons. The molecule has 2 aromatic rings. The summed E-state index contributed by atoms with van der Waals surface area (Å²) < 4.78 is 11.1.